The summed E-state index contributed by atoms with van der Waals surface area (Å²) < 4.78 is 32.2. The summed E-state index contributed by atoms with van der Waals surface area (Å²) in [4.78, 5) is 6.81. The zero-order chi connectivity index (χ0) is 21.1. The van der Waals surface area contributed by atoms with E-state index in [1.165, 1.54) is 28.0 Å². The first-order valence-electron chi connectivity index (χ1n) is 9.50. The molecule has 2 aromatic carbocycles. The normalized spacial score (nSPS) is 15.9. The van der Waals surface area contributed by atoms with Crippen LogP contribution in [0, 0.1) is 0 Å². The van der Waals surface area contributed by atoms with Crippen molar-refractivity contribution in [3.8, 4) is 0 Å². The van der Waals surface area contributed by atoms with Gasteiger partial charge in [0.25, 0.3) is 0 Å². The molecule has 0 bridgehead atoms. The summed E-state index contributed by atoms with van der Waals surface area (Å²) in [6, 6.07) is 14.6. The number of halogens is 2. The number of benzene rings is 2. The fourth-order valence-electron chi connectivity index (χ4n) is 3.36. The molecule has 158 valence electrons. The minimum atomic E-state index is -3.72. The summed E-state index contributed by atoms with van der Waals surface area (Å²) in [5.41, 5.74) is 1.16. The van der Waals surface area contributed by atoms with E-state index < -0.39 is 10.0 Å². The van der Waals surface area contributed by atoms with E-state index in [4.69, 9.17) is 23.2 Å². The van der Waals surface area contributed by atoms with Crippen LogP contribution in [0.1, 0.15) is 17.8 Å². The molecule has 1 fully saturated rings. The van der Waals surface area contributed by atoms with Crippen LogP contribution >= 0.6 is 34.7 Å². The van der Waals surface area contributed by atoms with Crippen molar-refractivity contribution in [2.75, 3.05) is 31.1 Å². The maximum Gasteiger partial charge on any atom is 0.244 e. The van der Waals surface area contributed by atoms with Crippen LogP contribution in [0.2, 0.25) is 10.0 Å². The molecule has 3 aromatic rings. The van der Waals surface area contributed by atoms with Gasteiger partial charge in [0.05, 0.1) is 5.02 Å². The van der Waals surface area contributed by atoms with Crippen LogP contribution in [-0.2, 0) is 16.4 Å². The fourth-order valence-corrected chi connectivity index (χ4v) is 6.31. The van der Waals surface area contributed by atoms with Gasteiger partial charge in [0, 0.05) is 49.2 Å². The number of sulfonamides is 1. The van der Waals surface area contributed by atoms with E-state index in [1.807, 2.05) is 18.2 Å². The zero-order valence-corrected chi connectivity index (χ0v) is 19.2. The quantitative estimate of drug-likeness (QED) is 0.540. The second-order valence-corrected chi connectivity index (χ2v) is 10.5. The Balaban J connectivity index is 1.46. The molecule has 0 unspecified atom stereocenters. The monoisotopic (exact) mass is 482 g/mol. The first kappa shape index (κ1) is 21.5. The first-order valence-corrected chi connectivity index (χ1v) is 12.5. The van der Waals surface area contributed by atoms with E-state index >= 15 is 0 Å². The van der Waals surface area contributed by atoms with Gasteiger partial charge in [0.2, 0.25) is 15.2 Å². The maximum absolute atomic E-state index is 13.1. The molecule has 0 spiro atoms. The number of aromatic nitrogens is 2. The summed E-state index contributed by atoms with van der Waals surface area (Å²) in [5.74, 6) is 0.778. The van der Waals surface area contributed by atoms with Crippen molar-refractivity contribution in [3.05, 3.63) is 70.0 Å². The van der Waals surface area contributed by atoms with Gasteiger partial charge in [-0.25, -0.2) is 13.4 Å². The van der Waals surface area contributed by atoms with E-state index in [1.54, 1.807) is 6.07 Å². The SMILES string of the molecule is O=S(=O)(c1cc(Cl)ccc1Cl)N1CCCN(c2nc(Cc3ccccc3)ns2)CC1. The summed E-state index contributed by atoms with van der Waals surface area (Å²) in [5, 5.41) is 1.34. The summed E-state index contributed by atoms with van der Waals surface area (Å²) in [6.07, 6.45) is 1.37. The Morgan fingerprint density at radius 2 is 1.80 bits per heavy atom. The summed E-state index contributed by atoms with van der Waals surface area (Å²) in [7, 11) is -3.72. The molecule has 0 saturated carbocycles. The zero-order valence-electron chi connectivity index (χ0n) is 16.0. The van der Waals surface area contributed by atoms with E-state index in [0.717, 1.165) is 23.1 Å². The second kappa shape index (κ2) is 9.20. The second-order valence-electron chi connectivity index (χ2n) is 6.97. The predicted molar refractivity (Wildman–Crippen MR) is 121 cm³/mol. The molecule has 6 nitrogen and oxygen atoms in total. The lowest BCUT2D eigenvalue weighted by Gasteiger charge is -2.21. The van der Waals surface area contributed by atoms with Crippen molar-refractivity contribution in [1.29, 1.82) is 0 Å². The molecule has 2 heterocycles. The number of hydrogen-bond acceptors (Lipinski definition) is 6. The van der Waals surface area contributed by atoms with Crippen molar-refractivity contribution in [2.45, 2.75) is 17.7 Å². The van der Waals surface area contributed by atoms with Crippen LogP contribution in [0.25, 0.3) is 0 Å². The van der Waals surface area contributed by atoms with Crippen LogP contribution in [-0.4, -0.2) is 48.3 Å². The van der Waals surface area contributed by atoms with Crippen molar-refractivity contribution in [1.82, 2.24) is 13.7 Å². The highest BCUT2D eigenvalue weighted by molar-refractivity contribution is 7.89. The predicted octanol–water partition coefficient (Wildman–Crippen LogP) is 4.34. The largest absolute Gasteiger partial charge is 0.345 e. The van der Waals surface area contributed by atoms with Gasteiger partial charge in [-0.2, -0.15) is 8.68 Å². The van der Waals surface area contributed by atoms with Crippen molar-refractivity contribution < 1.29 is 8.42 Å². The third kappa shape index (κ3) is 4.78. The van der Waals surface area contributed by atoms with Crippen LogP contribution in [0.3, 0.4) is 0 Å². The van der Waals surface area contributed by atoms with Gasteiger partial charge in [-0.3, -0.25) is 0 Å². The number of hydrogen-bond donors (Lipinski definition) is 0. The highest BCUT2D eigenvalue weighted by Crippen LogP contribution is 2.29. The lowest BCUT2D eigenvalue weighted by molar-refractivity contribution is 0.433. The molecule has 0 radical (unpaired) electrons. The van der Waals surface area contributed by atoms with Crippen molar-refractivity contribution >= 4 is 49.9 Å². The minimum Gasteiger partial charge on any atom is -0.345 e. The highest BCUT2D eigenvalue weighted by atomic mass is 35.5. The molecule has 1 aliphatic heterocycles. The van der Waals surface area contributed by atoms with Gasteiger partial charge < -0.3 is 4.90 Å². The number of nitrogens with zero attached hydrogens (tertiary/aromatic N) is 4. The van der Waals surface area contributed by atoms with E-state index in [2.05, 4.69) is 26.4 Å². The average molecular weight is 483 g/mol. The smallest absolute Gasteiger partial charge is 0.244 e. The Morgan fingerprint density at radius 1 is 1.00 bits per heavy atom. The van der Waals surface area contributed by atoms with Crippen molar-refractivity contribution in [2.24, 2.45) is 0 Å². The molecule has 10 heteroatoms. The Bertz CT molecular complexity index is 1120. The molecule has 1 aliphatic rings. The average Bonchev–Trinajstić information content (AvgIpc) is 3.04. The first-order chi connectivity index (χ1) is 14.4. The fraction of sp³-hybridized carbons (Fsp3) is 0.300. The van der Waals surface area contributed by atoms with Gasteiger partial charge in [-0.1, -0.05) is 53.5 Å². The third-order valence-corrected chi connectivity index (χ3v) is 8.33. The molecule has 0 amide bonds. The lowest BCUT2D eigenvalue weighted by atomic mass is 10.1. The Hall–Kier alpha value is -1.71. The molecular weight excluding hydrogens is 463 g/mol. The summed E-state index contributed by atoms with van der Waals surface area (Å²) in [6.45, 7) is 2.02. The highest BCUT2D eigenvalue weighted by Gasteiger charge is 2.29. The molecule has 1 aromatic heterocycles. The molecule has 0 aliphatic carbocycles. The lowest BCUT2D eigenvalue weighted by Crippen LogP contribution is -2.35. The molecule has 30 heavy (non-hydrogen) atoms. The molecule has 1 saturated heterocycles. The van der Waals surface area contributed by atoms with E-state index in [-0.39, 0.29) is 9.92 Å². The van der Waals surface area contributed by atoms with Crippen LogP contribution in [0.4, 0.5) is 5.13 Å². The number of anilines is 1. The Morgan fingerprint density at radius 3 is 2.60 bits per heavy atom. The van der Waals surface area contributed by atoms with Gasteiger partial charge in [0.1, 0.15) is 10.7 Å². The Labute approximate surface area is 190 Å². The minimum absolute atomic E-state index is 0.0474. The Kier molecular flexibility index (Phi) is 6.60. The maximum atomic E-state index is 13.1. The van der Waals surface area contributed by atoms with Gasteiger partial charge in [0.15, 0.2) is 0 Å². The van der Waals surface area contributed by atoms with Crippen molar-refractivity contribution in [3.63, 3.8) is 0 Å². The number of rotatable bonds is 5. The van der Waals surface area contributed by atoms with Crippen LogP contribution in [0.15, 0.2) is 53.4 Å². The molecule has 0 atom stereocenters. The van der Waals surface area contributed by atoms with E-state index in [0.29, 0.717) is 37.5 Å². The van der Waals surface area contributed by atoms with Crippen LogP contribution < -0.4 is 4.90 Å². The molecule has 0 N–H and O–H groups in total. The van der Waals surface area contributed by atoms with Crippen LogP contribution in [0.5, 0.6) is 0 Å². The topological polar surface area (TPSA) is 66.4 Å². The van der Waals surface area contributed by atoms with Gasteiger partial charge >= 0.3 is 0 Å². The standard InChI is InChI=1S/C20H20Cl2N4O2S2/c21-16-7-8-17(22)18(14-16)30(27,28)26-10-4-9-25(11-12-26)20-23-19(24-29-20)13-15-5-2-1-3-6-15/h1-3,5-8,14H,4,9-13H2. The third-order valence-electron chi connectivity index (χ3n) is 4.90. The molecule has 4 rings (SSSR count). The van der Waals surface area contributed by atoms with Gasteiger partial charge in [-0.15, -0.1) is 0 Å². The molecular formula is C20H20Cl2N4O2S2. The summed E-state index contributed by atoms with van der Waals surface area (Å²) >= 11 is 13.5. The van der Waals surface area contributed by atoms with Gasteiger partial charge in [-0.05, 0) is 30.2 Å². The van der Waals surface area contributed by atoms with E-state index in [9.17, 15) is 8.42 Å².